The third kappa shape index (κ3) is 2.82. The molecule has 88 valence electrons. The zero-order valence-corrected chi connectivity index (χ0v) is 11.6. The van der Waals surface area contributed by atoms with E-state index in [0.717, 1.165) is 5.56 Å². The fourth-order valence-electron chi connectivity index (χ4n) is 1.46. The minimum Gasteiger partial charge on any atom is -0.462 e. The molecule has 0 fully saturated rings. The molecule has 0 amide bonds. The van der Waals surface area contributed by atoms with Gasteiger partial charge in [0.25, 0.3) is 0 Å². The van der Waals surface area contributed by atoms with Crippen molar-refractivity contribution in [3.8, 4) is 0 Å². The van der Waals surface area contributed by atoms with Crippen LogP contribution in [0, 0.1) is 0 Å². The molecule has 0 aliphatic rings. The van der Waals surface area contributed by atoms with Crippen molar-refractivity contribution in [2.24, 2.45) is 0 Å². The number of halogens is 1. The minimum atomic E-state index is -0.326. The number of aromatic nitrogens is 1. The van der Waals surface area contributed by atoms with Crippen LogP contribution >= 0.6 is 15.9 Å². The predicted molar refractivity (Wildman–Crippen MR) is 66.6 cm³/mol. The summed E-state index contributed by atoms with van der Waals surface area (Å²) in [4.78, 5) is 15.9. The summed E-state index contributed by atoms with van der Waals surface area (Å²) in [5, 5.41) is 0. The molecule has 0 saturated heterocycles. The van der Waals surface area contributed by atoms with Crippen molar-refractivity contribution >= 4 is 21.9 Å². The van der Waals surface area contributed by atoms with Crippen LogP contribution in [-0.4, -0.2) is 17.6 Å². The maximum atomic E-state index is 11.8. The molecule has 3 nitrogen and oxygen atoms in total. The normalized spacial score (nSPS) is 11.3. The van der Waals surface area contributed by atoms with Gasteiger partial charge < -0.3 is 4.74 Å². The van der Waals surface area contributed by atoms with E-state index in [9.17, 15) is 4.79 Å². The van der Waals surface area contributed by atoms with Crippen LogP contribution < -0.4 is 0 Å². The number of ether oxygens (including phenoxy) is 1. The van der Waals surface area contributed by atoms with Crippen molar-refractivity contribution in [3.63, 3.8) is 0 Å². The van der Waals surface area contributed by atoms with Crippen molar-refractivity contribution in [3.05, 3.63) is 28.0 Å². The number of nitrogens with zero attached hydrogens (tertiary/aromatic N) is 1. The summed E-state index contributed by atoms with van der Waals surface area (Å²) in [7, 11) is 0. The SMILES string of the molecule is CCOC(=O)c1c(C(C)(C)C)ccnc1Br. The topological polar surface area (TPSA) is 39.2 Å². The first kappa shape index (κ1) is 13.2. The quantitative estimate of drug-likeness (QED) is 0.618. The van der Waals surface area contributed by atoms with Crippen LogP contribution in [0.3, 0.4) is 0 Å². The summed E-state index contributed by atoms with van der Waals surface area (Å²) in [6, 6.07) is 1.86. The highest BCUT2D eigenvalue weighted by atomic mass is 79.9. The molecule has 0 spiro atoms. The van der Waals surface area contributed by atoms with Gasteiger partial charge in [0.15, 0.2) is 0 Å². The number of carbonyl (C=O) groups is 1. The maximum Gasteiger partial charge on any atom is 0.341 e. The van der Waals surface area contributed by atoms with Gasteiger partial charge in [-0.3, -0.25) is 0 Å². The number of pyridine rings is 1. The van der Waals surface area contributed by atoms with Crippen LogP contribution in [-0.2, 0) is 10.2 Å². The molecule has 0 atom stereocenters. The average Bonchev–Trinajstić information content (AvgIpc) is 2.16. The Morgan fingerprint density at radius 1 is 1.50 bits per heavy atom. The molecule has 4 heteroatoms. The molecule has 0 unspecified atom stereocenters. The Kier molecular flexibility index (Phi) is 4.08. The molecule has 0 N–H and O–H groups in total. The van der Waals surface area contributed by atoms with Gasteiger partial charge in [0.1, 0.15) is 4.60 Å². The standard InChI is InChI=1S/C12H16BrNO2/c1-5-16-11(15)9-8(12(2,3)4)6-7-14-10(9)13/h6-7H,5H2,1-4H3. The van der Waals surface area contributed by atoms with Crippen LogP contribution in [0.25, 0.3) is 0 Å². The van der Waals surface area contributed by atoms with Crippen LogP contribution in [0.2, 0.25) is 0 Å². The Morgan fingerprint density at radius 3 is 2.62 bits per heavy atom. The Bertz CT molecular complexity index is 396. The second-order valence-corrected chi connectivity index (χ2v) is 5.25. The lowest BCUT2D eigenvalue weighted by molar-refractivity contribution is 0.0522. The number of rotatable bonds is 2. The molecule has 0 saturated carbocycles. The van der Waals surface area contributed by atoms with Gasteiger partial charge in [-0.1, -0.05) is 20.8 Å². The first-order chi connectivity index (χ1) is 7.38. The summed E-state index contributed by atoms with van der Waals surface area (Å²) < 4.78 is 5.58. The summed E-state index contributed by atoms with van der Waals surface area (Å²) in [6.45, 7) is 8.31. The van der Waals surface area contributed by atoms with Crippen LogP contribution in [0.15, 0.2) is 16.9 Å². The fraction of sp³-hybridized carbons (Fsp3) is 0.500. The van der Waals surface area contributed by atoms with Crippen molar-refractivity contribution in [2.45, 2.75) is 33.1 Å². The summed E-state index contributed by atoms with van der Waals surface area (Å²) >= 11 is 3.30. The van der Waals surface area contributed by atoms with Gasteiger partial charge in [0.05, 0.1) is 12.2 Å². The average molecular weight is 286 g/mol. The second kappa shape index (κ2) is 4.95. The summed E-state index contributed by atoms with van der Waals surface area (Å²) in [5.41, 5.74) is 1.35. The van der Waals surface area contributed by atoms with Crippen molar-refractivity contribution < 1.29 is 9.53 Å². The number of esters is 1. The summed E-state index contributed by atoms with van der Waals surface area (Å²) in [5.74, 6) is -0.326. The first-order valence-electron chi connectivity index (χ1n) is 5.20. The van der Waals surface area contributed by atoms with E-state index < -0.39 is 0 Å². The van der Waals surface area contributed by atoms with Gasteiger partial charge in [0, 0.05) is 6.20 Å². The van der Waals surface area contributed by atoms with E-state index in [1.165, 1.54) is 0 Å². The van der Waals surface area contributed by atoms with Gasteiger partial charge in [-0.15, -0.1) is 0 Å². The molecule has 1 heterocycles. The predicted octanol–water partition coefficient (Wildman–Crippen LogP) is 3.32. The van der Waals surface area contributed by atoms with Crippen LogP contribution in [0.4, 0.5) is 0 Å². The fourth-order valence-corrected chi connectivity index (χ4v) is 1.95. The lowest BCUT2D eigenvalue weighted by Crippen LogP contribution is -2.19. The molecule has 1 rings (SSSR count). The van der Waals surface area contributed by atoms with Crippen molar-refractivity contribution in [1.82, 2.24) is 4.98 Å². The molecular weight excluding hydrogens is 270 g/mol. The van der Waals surface area contributed by atoms with E-state index in [0.29, 0.717) is 16.8 Å². The van der Waals surface area contributed by atoms with Gasteiger partial charge in [0.2, 0.25) is 0 Å². The van der Waals surface area contributed by atoms with Gasteiger partial charge >= 0.3 is 5.97 Å². The third-order valence-electron chi connectivity index (χ3n) is 2.19. The zero-order chi connectivity index (χ0) is 12.3. The Hall–Kier alpha value is -0.900. The number of hydrogen-bond donors (Lipinski definition) is 0. The Balaban J connectivity index is 3.30. The highest BCUT2D eigenvalue weighted by molar-refractivity contribution is 9.10. The zero-order valence-electron chi connectivity index (χ0n) is 10.0. The van der Waals surface area contributed by atoms with E-state index in [4.69, 9.17) is 4.74 Å². The van der Waals surface area contributed by atoms with E-state index in [1.807, 2.05) is 6.07 Å². The van der Waals surface area contributed by atoms with Crippen molar-refractivity contribution in [2.75, 3.05) is 6.61 Å². The van der Waals surface area contributed by atoms with E-state index >= 15 is 0 Å². The molecule has 0 radical (unpaired) electrons. The van der Waals surface area contributed by atoms with Gasteiger partial charge in [-0.05, 0) is 39.9 Å². The molecule has 0 aliphatic carbocycles. The van der Waals surface area contributed by atoms with E-state index in [2.05, 4.69) is 41.7 Å². The summed E-state index contributed by atoms with van der Waals surface area (Å²) in [6.07, 6.45) is 1.69. The molecular formula is C12H16BrNO2. The minimum absolute atomic E-state index is 0.118. The maximum absolute atomic E-state index is 11.8. The van der Waals surface area contributed by atoms with E-state index in [1.54, 1.807) is 13.1 Å². The van der Waals surface area contributed by atoms with Gasteiger partial charge in [-0.25, -0.2) is 9.78 Å². The molecule has 1 aromatic heterocycles. The van der Waals surface area contributed by atoms with Crippen LogP contribution in [0.5, 0.6) is 0 Å². The lowest BCUT2D eigenvalue weighted by atomic mass is 9.85. The largest absolute Gasteiger partial charge is 0.462 e. The Morgan fingerprint density at radius 2 is 2.12 bits per heavy atom. The molecule has 16 heavy (non-hydrogen) atoms. The first-order valence-corrected chi connectivity index (χ1v) is 5.99. The molecule has 1 aromatic rings. The monoisotopic (exact) mass is 285 g/mol. The lowest BCUT2D eigenvalue weighted by Gasteiger charge is -2.22. The number of carbonyl (C=O) groups excluding carboxylic acids is 1. The molecule has 0 bridgehead atoms. The third-order valence-corrected chi connectivity index (χ3v) is 2.79. The number of hydrogen-bond acceptors (Lipinski definition) is 3. The molecule has 0 aliphatic heterocycles. The highest BCUT2D eigenvalue weighted by Crippen LogP contribution is 2.29. The second-order valence-electron chi connectivity index (χ2n) is 4.49. The molecule has 0 aromatic carbocycles. The Labute approximate surface area is 104 Å². The van der Waals surface area contributed by atoms with E-state index in [-0.39, 0.29) is 11.4 Å². The van der Waals surface area contributed by atoms with Gasteiger partial charge in [-0.2, -0.15) is 0 Å². The smallest absolute Gasteiger partial charge is 0.341 e. The van der Waals surface area contributed by atoms with Crippen LogP contribution in [0.1, 0.15) is 43.6 Å². The van der Waals surface area contributed by atoms with Crippen molar-refractivity contribution in [1.29, 1.82) is 0 Å². The highest BCUT2D eigenvalue weighted by Gasteiger charge is 2.25.